The summed E-state index contributed by atoms with van der Waals surface area (Å²) in [5.41, 5.74) is 1.81. The SMILES string of the molecule is O=C(CO)N1CCC(c2cc(C(=O)N3CCCC4CCCCC43)cs2)CC1.O=C(c1csc(C2CCNCC2)c1)N1CCCC2CCCCC21. The Labute approximate surface area is 307 Å². The highest BCUT2D eigenvalue weighted by molar-refractivity contribution is 7.10. The molecule has 274 valence electrons. The average Bonchev–Trinajstić information content (AvgIpc) is 3.89. The number of rotatable bonds is 5. The molecular formula is C40H58N4O4S2. The van der Waals surface area contributed by atoms with E-state index in [0.29, 0.717) is 48.8 Å². The van der Waals surface area contributed by atoms with Gasteiger partial charge in [0.15, 0.2) is 0 Å². The molecule has 8 nitrogen and oxygen atoms in total. The number of fused-ring (bicyclic) bond motifs is 2. The maximum absolute atomic E-state index is 13.2. The highest BCUT2D eigenvalue weighted by Gasteiger charge is 2.38. The van der Waals surface area contributed by atoms with Crippen LogP contribution in [0.1, 0.15) is 145 Å². The molecule has 6 heterocycles. The number of nitrogens with zero attached hydrogens (tertiary/aromatic N) is 3. The van der Waals surface area contributed by atoms with E-state index in [1.165, 1.54) is 93.2 Å². The lowest BCUT2D eigenvalue weighted by Gasteiger charge is -2.44. The Kier molecular flexibility index (Phi) is 12.3. The number of hydrogen-bond acceptors (Lipinski definition) is 7. The Hall–Kier alpha value is -2.27. The van der Waals surface area contributed by atoms with E-state index in [1.54, 1.807) is 27.6 Å². The van der Waals surface area contributed by atoms with E-state index in [2.05, 4.69) is 32.6 Å². The predicted molar refractivity (Wildman–Crippen MR) is 201 cm³/mol. The molecule has 2 aliphatic carbocycles. The molecule has 0 radical (unpaired) electrons. The van der Waals surface area contributed by atoms with Gasteiger partial charge in [0.2, 0.25) is 5.91 Å². The minimum atomic E-state index is -0.402. The quantitative estimate of drug-likeness (QED) is 0.339. The van der Waals surface area contributed by atoms with Crippen molar-refractivity contribution in [1.29, 1.82) is 0 Å². The molecular weight excluding hydrogens is 665 g/mol. The molecule has 8 rings (SSSR count). The zero-order chi connectivity index (χ0) is 34.5. The van der Waals surface area contributed by atoms with Crippen molar-refractivity contribution >= 4 is 40.4 Å². The van der Waals surface area contributed by atoms with Crippen LogP contribution in [-0.4, -0.2) is 95.5 Å². The molecule has 0 aromatic carbocycles. The molecule has 10 heteroatoms. The molecule has 6 fully saturated rings. The highest BCUT2D eigenvalue weighted by Crippen LogP contribution is 2.39. The third-order valence-electron chi connectivity index (χ3n) is 12.9. The fourth-order valence-electron chi connectivity index (χ4n) is 10.1. The second-order valence-electron chi connectivity index (χ2n) is 15.8. The molecule has 4 aliphatic heterocycles. The Morgan fingerprint density at radius 3 is 1.58 bits per heavy atom. The minimum absolute atomic E-state index is 0.178. The van der Waals surface area contributed by atoms with Crippen LogP contribution in [0.5, 0.6) is 0 Å². The molecule has 2 aromatic heterocycles. The lowest BCUT2D eigenvalue weighted by Crippen LogP contribution is -2.49. The van der Waals surface area contributed by atoms with Gasteiger partial charge in [-0.15, -0.1) is 22.7 Å². The zero-order valence-corrected chi connectivity index (χ0v) is 31.5. The van der Waals surface area contributed by atoms with Gasteiger partial charge in [0.25, 0.3) is 11.8 Å². The maximum Gasteiger partial charge on any atom is 0.254 e. The van der Waals surface area contributed by atoms with Crippen molar-refractivity contribution in [3.8, 4) is 0 Å². The van der Waals surface area contributed by atoms with E-state index in [-0.39, 0.29) is 11.8 Å². The second kappa shape index (κ2) is 17.0. The number of aliphatic hydroxyl groups is 1. The van der Waals surface area contributed by atoms with Crippen LogP contribution in [0.25, 0.3) is 0 Å². The number of hydrogen-bond donors (Lipinski definition) is 2. The summed E-state index contributed by atoms with van der Waals surface area (Å²) in [4.78, 5) is 46.7. The van der Waals surface area contributed by atoms with E-state index in [9.17, 15) is 14.4 Å². The molecule has 6 aliphatic rings. The van der Waals surface area contributed by atoms with Crippen molar-refractivity contribution < 1.29 is 19.5 Å². The summed E-state index contributed by atoms with van der Waals surface area (Å²) in [5.74, 6) is 2.91. The molecule has 2 aromatic rings. The van der Waals surface area contributed by atoms with Crippen LogP contribution in [0.3, 0.4) is 0 Å². The van der Waals surface area contributed by atoms with Crippen LogP contribution in [0.4, 0.5) is 0 Å². The van der Waals surface area contributed by atoms with E-state index in [1.807, 2.05) is 5.38 Å². The monoisotopic (exact) mass is 722 g/mol. The van der Waals surface area contributed by atoms with Crippen molar-refractivity contribution in [1.82, 2.24) is 20.0 Å². The lowest BCUT2D eigenvalue weighted by molar-refractivity contribution is -0.135. The Balaban J connectivity index is 0.000000159. The number of carbonyl (C=O) groups excluding carboxylic acids is 3. The van der Waals surface area contributed by atoms with Gasteiger partial charge >= 0.3 is 0 Å². The first kappa shape index (κ1) is 36.1. The van der Waals surface area contributed by atoms with Crippen LogP contribution in [0.2, 0.25) is 0 Å². The smallest absolute Gasteiger partial charge is 0.254 e. The van der Waals surface area contributed by atoms with Gasteiger partial charge in [0.1, 0.15) is 6.61 Å². The molecule has 2 saturated carbocycles. The normalized spacial score (nSPS) is 27.9. The maximum atomic E-state index is 13.2. The third kappa shape index (κ3) is 8.18. The molecule has 4 unspecified atom stereocenters. The first-order valence-corrected chi connectivity index (χ1v) is 21.6. The van der Waals surface area contributed by atoms with Crippen LogP contribution in [-0.2, 0) is 4.79 Å². The standard InChI is InChI=1S/C21H30N2O3S.C19H28N2OS/c24-13-20(25)22-10-7-16(8-11-22)19-12-17(14-27-19)21(26)23-9-3-5-15-4-1-2-6-18(15)23;22-19(21-11-3-5-14-4-1-2-6-17(14)21)16-12-18(23-13-16)15-7-9-20-10-8-15/h12,14-16,18,24H,1-11,13H2;12-15,17,20H,1-11H2. The fourth-order valence-corrected chi connectivity index (χ4v) is 12.2. The van der Waals surface area contributed by atoms with Gasteiger partial charge in [-0.25, -0.2) is 0 Å². The summed E-state index contributed by atoms with van der Waals surface area (Å²) in [6.07, 6.45) is 19.4. The topological polar surface area (TPSA) is 93.2 Å². The molecule has 50 heavy (non-hydrogen) atoms. The number of nitrogens with one attached hydrogen (secondary N) is 1. The van der Waals surface area contributed by atoms with E-state index >= 15 is 0 Å². The van der Waals surface area contributed by atoms with Crippen molar-refractivity contribution in [3.63, 3.8) is 0 Å². The van der Waals surface area contributed by atoms with Crippen LogP contribution < -0.4 is 5.32 Å². The van der Waals surface area contributed by atoms with E-state index in [0.717, 1.165) is 62.5 Å². The molecule has 0 spiro atoms. The Morgan fingerprint density at radius 2 is 1.08 bits per heavy atom. The summed E-state index contributed by atoms with van der Waals surface area (Å²) >= 11 is 3.50. The zero-order valence-electron chi connectivity index (χ0n) is 29.9. The first-order chi connectivity index (χ1) is 24.5. The highest BCUT2D eigenvalue weighted by atomic mass is 32.1. The van der Waals surface area contributed by atoms with Crippen molar-refractivity contribution in [2.75, 3.05) is 45.9 Å². The van der Waals surface area contributed by atoms with Gasteiger partial charge in [-0.3, -0.25) is 14.4 Å². The predicted octanol–water partition coefficient (Wildman–Crippen LogP) is 7.25. The summed E-state index contributed by atoms with van der Waals surface area (Å²) in [6.45, 7) is 5.09. The first-order valence-electron chi connectivity index (χ1n) is 19.9. The van der Waals surface area contributed by atoms with Gasteiger partial charge < -0.3 is 25.1 Å². The molecule has 3 amide bonds. The van der Waals surface area contributed by atoms with Crippen molar-refractivity contribution in [2.45, 2.75) is 127 Å². The fraction of sp³-hybridized carbons (Fsp3) is 0.725. The van der Waals surface area contributed by atoms with E-state index < -0.39 is 6.61 Å². The Morgan fingerprint density at radius 1 is 0.620 bits per heavy atom. The average molecular weight is 723 g/mol. The molecule has 4 saturated heterocycles. The van der Waals surface area contributed by atoms with Crippen LogP contribution in [0, 0.1) is 11.8 Å². The Bertz CT molecular complexity index is 1440. The summed E-state index contributed by atoms with van der Waals surface area (Å²) in [7, 11) is 0. The third-order valence-corrected chi connectivity index (χ3v) is 15.1. The summed E-state index contributed by atoms with van der Waals surface area (Å²) < 4.78 is 0. The van der Waals surface area contributed by atoms with Gasteiger partial charge in [-0.05, 0) is 126 Å². The van der Waals surface area contributed by atoms with Gasteiger partial charge in [0, 0.05) is 58.8 Å². The minimum Gasteiger partial charge on any atom is -0.387 e. The number of thiophene rings is 2. The second-order valence-corrected chi connectivity index (χ2v) is 17.7. The lowest BCUT2D eigenvalue weighted by atomic mass is 9.78. The summed E-state index contributed by atoms with van der Waals surface area (Å²) in [5, 5.41) is 16.6. The van der Waals surface area contributed by atoms with E-state index in [4.69, 9.17) is 5.11 Å². The molecule has 4 atom stereocenters. The van der Waals surface area contributed by atoms with Crippen LogP contribution >= 0.6 is 22.7 Å². The van der Waals surface area contributed by atoms with Crippen molar-refractivity contribution in [3.05, 3.63) is 43.8 Å². The van der Waals surface area contributed by atoms with Crippen LogP contribution in [0.15, 0.2) is 22.9 Å². The van der Waals surface area contributed by atoms with Gasteiger partial charge in [-0.1, -0.05) is 25.7 Å². The molecule has 2 N–H and O–H groups in total. The van der Waals surface area contributed by atoms with Gasteiger partial charge in [0.05, 0.1) is 11.1 Å². The van der Waals surface area contributed by atoms with Gasteiger partial charge in [-0.2, -0.15) is 0 Å². The van der Waals surface area contributed by atoms with Crippen molar-refractivity contribution in [2.24, 2.45) is 11.8 Å². The number of piperidine rings is 4. The largest absolute Gasteiger partial charge is 0.387 e. The number of amides is 3. The number of aliphatic hydroxyl groups excluding tert-OH is 1. The number of carbonyl (C=O) groups is 3. The molecule has 0 bridgehead atoms. The summed E-state index contributed by atoms with van der Waals surface area (Å²) in [6, 6.07) is 5.28. The number of likely N-dealkylation sites (tertiary alicyclic amines) is 3.